The SMILES string of the molecule is O=C(Nc1ccccc1C(=O)N/N=C\c1cc(Br)c(O)c(Br)c1)c1cc([N+](=O)[O-])ccc1Cl. The second-order valence-electron chi connectivity index (χ2n) is 6.45. The van der Waals surface area contributed by atoms with Crippen LogP contribution in [-0.4, -0.2) is 28.1 Å². The van der Waals surface area contributed by atoms with Crippen LogP contribution in [0, 0.1) is 10.1 Å². The minimum absolute atomic E-state index is 0.0239. The largest absolute Gasteiger partial charge is 0.506 e. The number of para-hydroxylation sites is 1. The Hall–Kier alpha value is -3.28. The van der Waals surface area contributed by atoms with Gasteiger partial charge in [-0.1, -0.05) is 23.7 Å². The summed E-state index contributed by atoms with van der Waals surface area (Å²) in [5.41, 5.74) is 2.82. The molecule has 3 aromatic rings. The summed E-state index contributed by atoms with van der Waals surface area (Å²) in [6.45, 7) is 0. The Bertz CT molecular complexity index is 1280. The first kappa shape index (κ1) is 24.4. The maximum Gasteiger partial charge on any atom is 0.273 e. The molecule has 0 aromatic heterocycles. The summed E-state index contributed by atoms with van der Waals surface area (Å²) in [7, 11) is 0. The van der Waals surface area contributed by atoms with E-state index in [1.807, 2.05) is 0 Å². The molecule has 3 N–H and O–H groups in total. The van der Waals surface area contributed by atoms with E-state index in [9.17, 15) is 24.8 Å². The van der Waals surface area contributed by atoms with Gasteiger partial charge in [0.15, 0.2) is 0 Å². The number of amides is 2. The number of halogens is 3. The van der Waals surface area contributed by atoms with E-state index in [4.69, 9.17) is 11.6 Å². The molecule has 168 valence electrons. The number of non-ortho nitro benzene ring substituents is 1. The number of phenols is 1. The minimum atomic E-state index is -0.716. The Morgan fingerprint density at radius 2 is 1.70 bits per heavy atom. The molecule has 0 aliphatic carbocycles. The standard InChI is InChI=1S/C21H13Br2ClN4O5/c22-15-7-11(8-16(23)19(15)29)10-25-27-21(31)13-3-1-2-4-18(13)26-20(30)14-9-12(28(32)33)5-6-17(14)24/h1-10,29H,(H,26,30)(H,27,31)/b25-10-. The average Bonchev–Trinajstić information content (AvgIpc) is 2.77. The van der Waals surface area contributed by atoms with Crippen molar-refractivity contribution in [2.45, 2.75) is 0 Å². The van der Waals surface area contributed by atoms with Gasteiger partial charge in [-0.25, -0.2) is 5.43 Å². The summed E-state index contributed by atoms with van der Waals surface area (Å²) in [5.74, 6) is -1.29. The molecule has 0 saturated carbocycles. The van der Waals surface area contributed by atoms with Gasteiger partial charge in [0.05, 0.1) is 41.9 Å². The van der Waals surface area contributed by atoms with Crippen LogP contribution in [0.15, 0.2) is 68.6 Å². The third kappa shape index (κ3) is 5.95. The summed E-state index contributed by atoms with van der Waals surface area (Å²) in [4.78, 5) is 35.6. The fraction of sp³-hybridized carbons (Fsp3) is 0. The lowest BCUT2D eigenvalue weighted by molar-refractivity contribution is -0.384. The van der Waals surface area contributed by atoms with Gasteiger partial charge in [-0.3, -0.25) is 19.7 Å². The van der Waals surface area contributed by atoms with Crippen molar-refractivity contribution >= 4 is 72.9 Å². The second kappa shape index (κ2) is 10.6. The highest BCUT2D eigenvalue weighted by Gasteiger charge is 2.18. The molecule has 0 aliphatic rings. The van der Waals surface area contributed by atoms with Crippen molar-refractivity contribution in [3.8, 4) is 5.75 Å². The van der Waals surface area contributed by atoms with E-state index in [2.05, 4.69) is 47.7 Å². The Balaban J connectivity index is 1.78. The van der Waals surface area contributed by atoms with Crippen LogP contribution in [0.4, 0.5) is 11.4 Å². The van der Waals surface area contributed by atoms with Gasteiger partial charge >= 0.3 is 0 Å². The number of benzene rings is 3. The van der Waals surface area contributed by atoms with E-state index in [0.717, 1.165) is 6.07 Å². The molecule has 0 saturated heterocycles. The minimum Gasteiger partial charge on any atom is -0.506 e. The molecule has 0 bridgehead atoms. The molecule has 3 aromatic carbocycles. The van der Waals surface area contributed by atoms with Gasteiger partial charge in [0.2, 0.25) is 0 Å². The number of nitro groups is 1. The number of nitrogens with one attached hydrogen (secondary N) is 2. The van der Waals surface area contributed by atoms with Gasteiger partial charge < -0.3 is 10.4 Å². The first-order valence-electron chi connectivity index (χ1n) is 9.03. The van der Waals surface area contributed by atoms with Crippen LogP contribution in [0.5, 0.6) is 5.75 Å². The van der Waals surface area contributed by atoms with E-state index in [1.165, 1.54) is 30.5 Å². The fourth-order valence-corrected chi connectivity index (χ4v) is 4.09. The van der Waals surface area contributed by atoms with Gasteiger partial charge in [0, 0.05) is 12.1 Å². The highest BCUT2D eigenvalue weighted by Crippen LogP contribution is 2.32. The maximum atomic E-state index is 12.7. The van der Waals surface area contributed by atoms with Crippen LogP contribution >= 0.6 is 43.5 Å². The molecule has 0 atom stereocenters. The van der Waals surface area contributed by atoms with Crippen molar-refractivity contribution in [2.75, 3.05) is 5.32 Å². The van der Waals surface area contributed by atoms with Gasteiger partial charge in [-0.2, -0.15) is 5.10 Å². The molecular formula is C21H13Br2ClN4O5. The lowest BCUT2D eigenvalue weighted by Crippen LogP contribution is -2.21. The van der Waals surface area contributed by atoms with Crippen LogP contribution in [0.2, 0.25) is 5.02 Å². The molecule has 0 spiro atoms. The highest BCUT2D eigenvalue weighted by molar-refractivity contribution is 9.11. The van der Waals surface area contributed by atoms with Crippen LogP contribution in [-0.2, 0) is 0 Å². The predicted octanol–water partition coefficient (Wildman–Crippen LogP) is 5.50. The number of nitro benzene ring substituents is 1. The molecule has 3 rings (SSSR count). The van der Waals surface area contributed by atoms with Crippen molar-refractivity contribution in [3.05, 3.63) is 95.4 Å². The second-order valence-corrected chi connectivity index (χ2v) is 8.57. The molecule has 12 heteroatoms. The zero-order valence-corrected chi connectivity index (χ0v) is 20.3. The van der Waals surface area contributed by atoms with Crippen LogP contribution < -0.4 is 10.7 Å². The molecule has 9 nitrogen and oxygen atoms in total. The molecule has 0 unspecified atom stereocenters. The van der Waals surface area contributed by atoms with Crippen molar-refractivity contribution in [1.29, 1.82) is 0 Å². The number of aromatic hydroxyl groups is 1. The van der Waals surface area contributed by atoms with Gasteiger partial charge in [0.25, 0.3) is 17.5 Å². The van der Waals surface area contributed by atoms with E-state index in [-0.39, 0.29) is 33.3 Å². The Morgan fingerprint density at radius 1 is 1.03 bits per heavy atom. The van der Waals surface area contributed by atoms with Gasteiger partial charge in [0.1, 0.15) is 5.75 Å². The summed E-state index contributed by atoms with van der Waals surface area (Å²) in [6, 6.07) is 12.9. The zero-order valence-electron chi connectivity index (χ0n) is 16.4. The van der Waals surface area contributed by atoms with Crippen molar-refractivity contribution in [2.24, 2.45) is 5.10 Å². The monoisotopic (exact) mass is 594 g/mol. The topological polar surface area (TPSA) is 134 Å². The number of anilines is 1. The fourth-order valence-electron chi connectivity index (χ4n) is 2.67. The number of hydrogen-bond acceptors (Lipinski definition) is 6. The molecular weight excluding hydrogens is 584 g/mol. The summed E-state index contributed by atoms with van der Waals surface area (Å²) in [5, 5.41) is 27.2. The number of rotatable bonds is 6. The predicted molar refractivity (Wildman–Crippen MR) is 131 cm³/mol. The molecule has 0 radical (unpaired) electrons. The van der Waals surface area contributed by atoms with Crippen molar-refractivity contribution in [3.63, 3.8) is 0 Å². The van der Waals surface area contributed by atoms with Crippen LogP contribution in [0.1, 0.15) is 26.3 Å². The lowest BCUT2D eigenvalue weighted by Gasteiger charge is -2.11. The van der Waals surface area contributed by atoms with Crippen molar-refractivity contribution < 1.29 is 19.6 Å². The number of carbonyl (C=O) groups excluding carboxylic acids is 2. The normalized spacial score (nSPS) is 10.8. The maximum absolute atomic E-state index is 12.7. The number of nitrogens with zero attached hydrogens (tertiary/aromatic N) is 2. The quantitative estimate of drug-likeness (QED) is 0.196. The lowest BCUT2D eigenvalue weighted by atomic mass is 10.1. The third-order valence-corrected chi connectivity index (χ3v) is 5.78. The van der Waals surface area contributed by atoms with Crippen molar-refractivity contribution in [1.82, 2.24) is 5.43 Å². The zero-order chi connectivity index (χ0) is 24.1. The Labute approximate surface area is 208 Å². The summed E-state index contributed by atoms with van der Waals surface area (Å²) in [6.07, 6.45) is 1.37. The molecule has 0 fully saturated rings. The van der Waals surface area contributed by atoms with E-state index in [1.54, 1.807) is 24.3 Å². The molecule has 33 heavy (non-hydrogen) atoms. The molecule has 2 amide bonds. The van der Waals surface area contributed by atoms with Crippen LogP contribution in [0.3, 0.4) is 0 Å². The van der Waals surface area contributed by atoms with E-state index in [0.29, 0.717) is 14.5 Å². The van der Waals surface area contributed by atoms with E-state index < -0.39 is 16.7 Å². The summed E-state index contributed by atoms with van der Waals surface area (Å²) >= 11 is 12.4. The highest BCUT2D eigenvalue weighted by atomic mass is 79.9. The van der Waals surface area contributed by atoms with Crippen LogP contribution in [0.25, 0.3) is 0 Å². The van der Waals surface area contributed by atoms with Gasteiger partial charge in [-0.05, 0) is 67.8 Å². The Kier molecular flexibility index (Phi) is 7.79. The van der Waals surface area contributed by atoms with Gasteiger partial charge in [-0.15, -0.1) is 0 Å². The number of carbonyl (C=O) groups is 2. The summed E-state index contributed by atoms with van der Waals surface area (Å²) < 4.78 is 0.884. The average molecular weight is 597 g/mol. The number of hydrazone groups is 1. The first-order chi connectivity index (χ1) is 15.7. The number of phenolic OH excluding ortho intramolecular Hbond substituents is 1. The molecule has 0 aliphatic heterocycles. The Morgan fingerprint density at radius 3 is 2.36 bits per heavy atom. The smallest absolute Gasteiger partial charge is 0.273 e. The van der Waals surface area contributed by atoms with E-state index >= 15 is 0 Å². The third-order valence-electron chi connectivity index (χ3n) is 4.24. The molecule has 0 heterocycles. The first-order valence-corrected chi connectivity index (χ1v) is 11.0. The number of hydrogen-bond donors (Lipinski definition) is 3.